The van der Waals surface area contributed by atoms with E-state index in [4.69, 9.17) is 0 Å². The molecule has 3 atom stereocenters. The highest BCUT2D eigenvalue weighted by Crippen LogP contribution is 2.51. The molecule has 4 rings (SSSR count). The van der Waals surface area contributed by atoms with Crippen LogP contribution in [0, 0.1) is 12.8 Å². The van der Waals surface area contributed by atoms with Crippen LogP contribution in [-0.4, -0.2) is 5.78 Å². The average Bonchev–Trinajstić information content (AvgIpc) is 2.89. The van der Waals surface area contributed by atoms with Crippen LogP contribution in [0.2, 0.25) is 0 Å². The molecule has 0 N–H and O–H groups in total. The third kappa shape index (κ3) is 2.12. The molecule has 0 spiro atoms. The van der Waals surface area contributed by atoms with Crippen LogP contribution in [0.5, 0.6) is 0 Å². The fourth-order valence-electron chi connectivity index (χ4n) is 4.30. The van der Waals surface area contributed by atoms with Gasteiger partial charge in [0.05, 0.1) is 0 Å². The average molecular weight is 276 g/mol. The number of ketones is 1. The van der Waals surface area contributed by atoms with Gasteiger partial charge < -0.3 is 0 Å². The van der Waals surface area contributed by atoms with Crippen LogP contribution in [0.25, 0.3) is 0 Å². The molecule has 3 unspecified atom stereocenters. The maximum absolute atomic E-state index is 12.1. The Bertz CT molecular complexity index is 683. The highest BCUT2D eigenvalue weighted by atomic mass is 16.1. The highest BCUT2D eigenvalue weighted by molar-refractivity contribution is 5.83. The molecule has 106 valence electrons. The first-order valence-corrected chi connectivity index (χ1v) is 7.88. The number of carbonyl (C=O) groups excluding carboxylic acids is 1. The van der Waals surface area contributed by atoms with E-state index >= 15 is 0 Å². The molecular formula is C20H20O. The lowest BCUT2D eigenvalue weighted by atomic mass is 9.68. The van der Waals surface area contributed by atoms with Crippen LogP contribution in [0.4, 0.5) is 0 Å². The van der Waals surface area contributed by atoms with Crippen molar-refractivity contribution in [2.45, 2.75) is 38.0 Å². The van der Waals surface area contributed by atoms with E-state index in [1.54, 1.807) is 0 Å². The summed E-state index contributed by atoms with van der Waals surface area (Å²) >= 11 is 0. The molecule has 2 aliphatic rings. The smallest absolute Gasteiger partial charge is 0.133 e. The Hall–Kier alpha value is -1.89. The van der Waals surface area contributed by atoms with Crippen molar-refractivity contribution in [3.63, 3.8) is 0 Å². The minimum absolute atomic E-state index is 0.439. The SMILES string of the molecule is Cc1ccc(C2Cc3ccccc3C3CC(=O)CC23)cc1. The number of aryl methyl sites for hydroxylation is 1. The third-order valence-corrected chi connectivity index (χ3v) is 5.34. The van der Waals surface area contributed by atoms with Crippen molar-refractivity contribution < 1.29 is 4.79 Å². The van der Waals surface area contributed by atoms with Crippen LogP contribution in [0.1, 0.15) is 46.9 Å². The van der Waals surface area contributed by atoms with Gasteiger partial charge in [0.2, 0.25) is 0 Å². The van der Waals surface area contributed by atoms with Gasteiger partial charge in [-0.05, 0) is 47.8 Å². The predicted octanol–water partition coefficient (Wildman–Crippen LogP) is 4.40. The molecule has 0 saturated heterocycles. The van der Waals surface area contributed by atoms with E-state index in [0.717, 1.165) is 19.3 Å². The molecule has 0 bridgehead atoms. The largest absolute Gasteiger partial charge is 0.300 e. The summed E-state index contributed by atoms with van der Waals surface area (Å²) < 4.78 is 0. The predicted molar refractivity (Wildman–Crippen MR) is 84.5 cm³/mol. The summed E-state index contributed by atoms with van der Waals surface area (Å²) in [7, 11) is 0. The Morgan fingerprint density at radius 3 is 2.43 bits per heavy atom. The normalized spacial score (nSPS) is 27.3. The first-order chi connectivity index (χ1) is 10.2. The number of hydrogen-bond acceptors (Lipinski definition) is 1. The lowest BCUT2D eigenvalue weighted by molar-refractivity contribution is -0.117. The van der Waals surface area contributed by atoms with Gasteiger partial charge in [0, 0.05) is 12.8 Å². The van der Waals surface area contributed by atoms with E-state index in [0.29, 0.717) is 23.5 Å². The van der Waals surface area contributed by atoms with Gasteiger partial charge in [-0.2, -0.15) is 0 Å². The zero-order valence-corrected chi connectivity index (χ0v) is 12.4. The molecule has 0 aromatic heterocycles. The molecule has 1 fully saturated rings. The molecule has 0 heterocycles. The van der Waals surface area contributed by atoms with E-state index in [1.807, 2.05) is 0 Å². The lowest BCUT2D eigenvalue weighted by Gasteiger charge is -2.35. The highest BCUT2D eigenvalue weighted by Gasteiger charge is 2.43. The Kier molecular flexibility index (Phi) is 2.95. The van der Waals surface area contributed by atoms with Crippen molar-refractivity contribution in [1.29, 1.82) is 0 Å². The molecule has 21 heavy (non-hydrogen) atoms. The van der Waals surface area contributed by atoms with Crippen molar-refractivity contribution in [2.24, 2.45) is 5.92 Å². The Balaban J connectivity index is 1.79. The molecule has 1 saturated carbocycles. The van der Waals surface area contributed by atoms with Crippen molar-refractivity contribution >= 4 is 5.78 Å². The van der Waals surface area contributed by atoms with Gasteiger partial charge in [-0.15, -0.1) is 0 Å². The van der Waals surface area contributed by atoms with E-state index in [9.17, 15) is 4.79 Å². The molecule has 1 nitrogen and oxygen atoms in total. The minimum Gasteiger partial charge on any atom is -0.300 e. The fraction of sp³-hybridized carbons (Fsp3) is 0.350. The van der Waals surface area contributed by atoms with Gasteiger partial charge in [0.15, 0.2) is 0 Å². The number of carbonyl (C=O) groups is 1. The monoisotopic (exact) mass is 276 g/mol. The first kappa shape index (κ1) is 12.8. The van der Waals surface area contributed by atoms with Crippen LogP contribution < -0.4 is 0 Å². The standard InChI is InChI=1S/C20H20O/c1-13-6-8-14(9-7-13)18-10-15-4-2-3-5-17(15)19-11-16(21)12-20(18)19/h2-9,18-20H,10-12H2,1H3. The van der Waals surface area contributed by atoms with Crippen LogP contribution in [-0.2, 0) is 11.2 Å². The molecule has 0 aliphatic heterocycles. The Morgan fingerprint density at radius 2 is 1.62 bits per heavy atom. The molecule has 1 heteroatoms. The van der Waals surface area contributed by atoms with Gasteiger partial charge in [0.25, 0.3) is 0 Å². The van der Waals surface area contributed by atoms with Crippen LogP contribution >= 0.6 is 0 Å². The number of fused-ring (bicyclic) bond motifs is 3. The maximum atomic E-state index is 12.1. The van der Waals surface area contributed by atoms with Gasteiger partial charge >= 0.3 is 0 Å². The van der Waals surface area contributed by atoms with E-state index in [1.165, 1.54) is 22.3 Å². The summed E-state index contributed by atoms with van der Waals surface area (Å²) in [5, 5.41) is 0. The van der Waals surface area contributed by atoms with E-state index in [2.05, 4.69) is 55.5 Å². The van der Waals surface area contributed by atoms with Gasteiger partial charge in [-0.25, -0.2) is 0 Å². The van der Waals surface area contributed by atoms with E-state index in [-0.39, 0.29) is 0 Å². The quantitative estimate of drug-likeness (QED) is 0.754. The second kappa shape index (κ2) is 4.84. The second-order valence-electron chi connectivity index (χ2n) is 6.64. The summed E-state index contributed by atoms with van der Waals surface area (Å²) in [6, 6.07) is 17.6. The fourth-order valence-corrected chi connectivity index (χ4v) is 4.30. The number of benzene rings is 2. The van der Waals surface area contributed by atoms with Crippen LogP contribution in [0.3, 0.4) is 0 Å². The summed E-state index contributed by atoms with van der Waals surface area (Å²) in [4.78, 5) is 12.1. The van der Waals surface area contributed by atoms with Gasteiger partial charge in [0.1, 0.15) is 5.78 Å². The molecule has 2 aliphatic carbocycles. The minimum atomic E-state index is 0.439. The lowest BCUT2D eigenvalue weighted by Crippen LogP contribution is -2.24. The summed E-state index contributed by atoms with van der Waals surface area (Å²) in [5.41, 5.74) is 5.57. The van der Waals surface area contributed by atoms with Gasteiger partial charge in [-0.1, -0.05) is 54.1 Å². The zero-order valence-electron chi connectivity index (χ0n) is 12.4. The first-order valence-electron chi connectivity index (χ1n) is 7.88. The molecule has 2 aromatic rings. The summed E-state index contributed by atoms with van der Waals surface area (Å²) in [5.74, 6) is 1.87. The second-order valence-corrected chi connectivity index (χ2v) is 6.64. The van der Waals surface area contributed by atoms with Crippen molar-refractivity contribution in [1.82, 2.24) is 0 Å². The molecule has 2 aromatic carbocycles. The van der Waals surface area contributed by atoms with E-state index < -0.39 is 0 Å². The molecule has 0 amide bonds. The Morgan fingerprint density at radius 1 is 0.857 bits per heavy atom. The van der Waals surface area contributed by atoms with Crippen LogP contribution in [0.15, 0.2) is 48.5 Å². The number of Topliss-reactive ketones (excluding diaryl/α,β-unsaturated/α-hetero) is 1. The number of rotatable bonds is 1. The topological polar surface area (TPSA) is 17.1 Å². The molecular weight excluding hydrogens is 256 g/mol. The van der Waals surface area contributed by atoms with Crippen molar-refractivity contribution in [3.05, 3.63) is 70.8 Å². The van der Waals surface area contributed by atoms with Gasteiger partial charge in [-0.3, -0.25) is 4.79 Å². The Labute approximate surface area is 126 Å². The maximum Gasteiger partial charge on any atom is 0.133 e. The summed E-state index contributed by atoms with van der Waals surface area (Å²) in [6.07, 6.45) is 2.58. The third-order valence-electron chi connectivity index (χ3n) is 5.34. The van der Waals surface area contributed by atoms with Crippen molar-refractivity contribution in [2.75, 3.05) is 0 Å². The molecule has 0 radical (unpaired) electrons. The van der Waals surface area contributed by atoms with Crippen molar-refractivity contribution in [3.8, 4) is 0 Å². The summed E-state index contributed by atoms with van der Waals surface area (Å²) in [6.45, 7) is 2.13. The zero-order chi connectivity index (χ0) is 14.4. The number of hydrogen-bond donors (Lipinski definition) is 0.